The first-order valence-electron chi connectivity index (χ1n) is 0. The zero-order valence-corrected chi connectivity index (χ0v) is 5.51. The monoisotopic (exact) mass is 84.0 g/mol. The van der Waals surface area contributed by atoms with Gasteiger partial charge in [-0.25, -0.2) is 0 Å². The number of rotatable bonds is 0. The molecule has 0 aromatic rings. The zero-order valence-electron chi connectivity index (χ0n) is 2.76. The molecule has 0 nitrogen and oxygen atoms in total. The minimum Gasteiger partial charge on any atom is -1.00 e. The molecule has 0 fully saturated rings. The van der Waals surface area contributed by atoms with Crippen LogP contribution in [0, 0.1) is 0 Å². The van der Waals surface area contributed by atoms with Crippen molar-refractivity contribution in [2.24, 2.45) is 0 Å². The number of halogens is 2. The van der Waals surface area contributed by atoms with Crippen molar-refractivity contribution in [2.75, 3.05) is 0 Å². The smallest absolute Gasteiger partial charge is 1.00 e. The first kappa shape index (κ1) is 40.9. The van der Waals surface area contributed by atoms with Gasteiger partial charge in [0, 0.05) is 0 Å². The first-order valence-corrected chi connectivity index (χ1v) is 0. The summed E-state index contributed by atoms with van der Waals surface area (Å²) in [5.74, 6) is 0. The molecule has 0 rings (SSSR count). The van der Waals surface area contributed by atoms with E-state index in [1.807, 2.05) is 0 Å². The molecule has 0 aliphatic heterocycles. The second-order valence-electron chi connectivity index (χ2n) is 0. The first-order chi connectivity index (χ1) is 0. The van der Waals surface area contributed by atoms with Crippen LogP contribution in [0.15, 0.2) is 0 Å². The largest absolute Gasteiger partial charge is 1.00 e. The third kappa shape index (κ3) is 9.17. The van der Waals surface area contributed by atoms with Gasteiger partial charge in [-0.15, -0.1) is 0 Å². The van der Waals surface area contributed by atoms with Crippen molar-refractivity contribution in [3.05, 3.63) is 0 Å². The summed E-state index contributed by atoms with van der Waals surface area (Å²) in [7, 11) is 0. The molecule has 0 aliphatic carbocycles. The minimum atomic E-state index is 0. The quantitative estimate of drug-likeness (QED) is 0.256. The Morgan fingerprint density at radius 1 is 1.00 bits per heavy atom. The van der Waals surface area contributed by atoms with E-state index in [2.05, 4.69) is 0 Å². The molecule has 4 heteroatoms. The predicted molar refractivity (Wildman–Crippen MR) is 0 cm³/mol. The Hall–Kier alpha value is 1.82. The molecular weight excluding hydrogens is 84.4 g/mol. The van der Waals surface area contributed by atoms with Crippen LogP contribution < -0.4 is 65.5 Å². The predicted octanol–water partition coefficient (Wildman–Crippen LogP) is -12.0. The second-order valence-corrected chi connectivity index (χ2v) is 0. The fourth-order valence-electron chi connectivity index (χ4n) is 0. The molecule has 0 heterocycles. The molecule has 4 heavy (non-hydrogen) atoms. The average Bonchev–Trinajstić information content (AvgIpc) is 0. The maximum absolute atomic E-state index is 0. The van der Waals surface area contributed by atoms with Crippen LogP contribution in [0.25, 0.3) is 0 Å². The second kappa shape index (κ2) is 21.3. The van der Waals surface area contributed by atoms with E-state index in [0.717, 1.165) is 0 Å². The van der Waals surface area contributed by atoms with E-state index in [9.17, 15) is 0 Å². The molecule has 0 N–H and O–H groups in total. The van der Waals surface area contributed by atoms with Crippen molar-refractivity contribution < 1.29 is 65.5 Å². The van der Waals surface area contributed by atoms with Crippen LogP contribution in [0.1, 0.15) is 0 Å². The Bertz CT molecular complexity index is 8.00. The third-order valence-corrected chi connectivity index (χ3v) is 0. The van der Waals surface area contributed by atoms with E-state index >= 15 is 0 Å². The molecule has 0 saturated carbocycles. The number of hydrogen-bond acceptors (Lipinski definition) is 0. The Labute approximate surface area is 65.0 Å². The minimum absolute atomic E-state index is 0. The SMILES string of the molecule is [Cl-].[F-].[Li+].[Na+]. The molecule has 16 valence electrons. The van der Waals surface area contributed by atoms with Gasteiger partial charge in [0.1, 0.15) is 0 Å². The standard InChI is InChI=1S/ClH.FH.Li.Na/h2*1H;;/q;;2*+1/p-2. The van der Waals surface area contributed by atoms with Crippen LogP contribution in [0.4, 0.5) is 0 Å². The van der Waals surface area contributed by atoms with Gasteiger partial charge in [0.2, 0.25) is 0 Å². The molecule has 0 aromatic heterocycles. The summed E-state index contributed by atoms with van der Waals surface area (Å²) in [5.41, 5.74) is 0. The van der Waals surface area contributed by atoms with E-state index in [-0.39, 0.29) is 65.5 Å². The van der Waals surface area contributed by atoms with Crippen molar-refractivity contribution in [1.29, 1.82) is 0 Å². The third-order valence-electron chi connectivity index (χ3n) is 0. The summed E-state index contributed by atoms with van der Waals surface area (Å²) in [6, 6.07) is 0. The van der Waals surface area contributed by atoms with Crippen molar-refractivity contribution in [1.82, 2.24) is 0 Å². The molecule has 0 aromatic carbocycles. The van der Waals surface area contributed by atoms with Crippen molar-refractivity contribution in [2.45, 2.75) is 0 Å². The summed E-state index contributed by atoms with van der Waals surface area (Å²) < 4.78 is 0. The van der Waals surface area contributed by atoms with Gasteiger partial charge in [-0.1, -0.05) is 0 Å². The molecule has 0 radical (unpaired) electrons. The molecule has 0 spiro atoms. The summed E-state index contributed by atoms with van der Waals surface area (Å²) in [6.45, 7) is 0. The van der Waals surface area contributed by atoms with Crippen LogP contribution in [-0.4, -0.2) is 0 Å². The summed E-state index contributed by atoms with van der Waals surface area (Å²) in [4.78, 5) is 0. The fraction of sp³-hybridized carbons (Fsp3) is 0. The maximum Gasteiger partial charge on any atom is 1.00 e. The van der Waals surface area contributed by atoms with Gasteiger partial charge in [0.15, 0.2) is 0 Å². The van der Waals surface area contributed by atoms with Crippen LogP contribution in [0.3, 0.4) is 0 Å². The van der Waals surface area contributed by atoms with Crippen LogP contribution in [0.2, 0.25) is 0 Å². The van der Waals surface area contributed by atoms with E-state index in [1.165, 1.54) is 0 Å². The topological polar surface area (TPSA) is 0 Å². The Kier molecular flexibility index (Phi) is 217. The molecule has 0 bridgehead atoms. The van der Waals surface area contributed by atoms with Gasteiger partial charge in [-0.2, -0.15) is 0 Å². The fourth-order valence-corrected chi connectivity index (χ4v) is 0. The number of hydrogen-bond donors (Lipinski definition) is 0. The van der Waals surface area contributed by atoms with Crippen LogP contribution in [-0.2, 0) is 0 Å². The summed E-state index contributed by atoms with van der Waals surface area (Å²) >= 11 is 0. The Morgan fingerprint density at radius 2 is 1.00 bits per heavy atom. The molecule has 0 atom stereocenters. The van der Waals surface area contributed by atoms with Gasteiger partial charge < -0.3 is 17.1 Å². The molecule has 0 aliphatic rings. The van der Waals surface area contributed by atoms with Gasteiger partial charge in [-0.3, -0.25) is 0 Å². The summed E-state index contributed by atoms with van der Waals surface area (Å²) in [5, 5.41) is 0. The molecule has 0 saturated heterocycles. The zero-order chi connectivity index (χ0) is 0. The van der Waals surface area contributed by atoms with E-state index in [4.69, 9.17) is 0 Å². The summed E-state index contributed by atoms with van der Waals surface area (Å²) in [6.07, 6.45) is 0. The van der Waals surface area contributed by atoms with Gasteiger partial charge in [0.25, 0.3) is 0 Å². The van der Waals surface area contributed by atoms with Crippen LogP contribution >= 0.6 is 0 Å². The normalized spacial score (nSPS) is 0. The molecule has 0 unspecified atom stereocenters. The molecular formula is ClFLiNa. The average molecular weight is 84.4 g/mol. The van der Waals surface area contributed by atoms with E-state index < -0.39 is 0 Å². The Morgan fingerprint density at radius 3 is 1.00 bits per heavy atom. The van der Waals surface area contributed by atoms with E-state index in [0.29, 0.717) is 0 Å². The van der Waals surface area contributed by atoms with E-state index in [1.54, 1.807) is 0 Å². The van der Waals surface area contributed by atoms with Gasteiger partial charge >= 0.3 is 48.4 Å². The molecule has 0 amide bonds. The van der Waals surface area contributed by atoms with Gasteiger partial charge in [-0.05, 0) is 0 Å². The van der Waals surface area contributed by atoms with Crippen LogP contribution in [0.5, 0.6) is 0 Å². The van der Waals surface area contributed by atoms with Crippen molar-refractivity contribution in [3.63, 3.8) is 0 Å². The Balaban J connectivity index is 0. The van der Waals surface area contributed by atoms with Crippen molar-refractivity contribution >= 4 is 0 Å². The van der Waals surface area contributed by atoms with Crippen molar-refractivity contribution in [3.8, 4) is 0 Å². The van der Waals surface area contributed by atoms with Gasteiger partial charge in [0.05, 0.1) is 0 Å². The maximum atomic E-state index is 0.